The summed E-state index contributed by atoms with van der Waals surface area (Å²) in [6.07, 6.45) is 8.65. The Hall–Kier alpha value is -7.16. The van der Waals surface area contributed by atoms with E-state index in [1.165, 1.54) is 104 Å². The number of para-hydroxylation sites is 2. The molecule has 0 atom stereocenters. The Kier molecular flexibility index (Phi) is 8.76. The number of aromatic nitrogens is 1. The van der Waals surface area contributed by atoms with Crippen LogP contribution < -0.4 is 4.90 Å². The molecule has 4 aliphatic carbocycles. The van der Waals surface area contributed by atoms with Crippen molar-refractivity contribution in [2.75, 3.05) is 4.90 Å². The largest absolute Gasteiger partial charge is 0.310 e. The van der Waals surface area contributed by atoms with Crippen LogP contribution in [0.4, 0.5) is 17.1 Å². The molecular formula is C62H50N2. The molecule has 0 spiro atoms. The Labute approximate surface area is 376 Å². The zero-order valence-electron chi connectivity index (χ0n) is 36.1. The molecule has 0 radical (unpaired) electrons. The van der Waals surface area contributed by atoms with Gasteiger partial charge >= 0.3 is 0 Å². The minimum Gasteiger partial charge on any atom is -0.310 e. The first-order valence-corrected chi connectivity index (χ1v) is 23.4. The van der Waals surface area contributed by atoms with E-state index in [9.17, 15) is 0 Å². The van der Waals surface area contributed by atoms with E-state index in [0.717, 1.165) is 40.5 Å². The third kappa shape index (κ3) is 6.22. The van der Waals surface area contributed by atoms with Crippen LogP contribution in [-0.2, 0) is 5.41 Å². The van der Waals surface area contributed by atoms with Gasteiger partial charge in [-0.1, -0.05) is 158 Å². The SMILES string of the molecule is c1ccc(-c2cccc3cccc(-c4ccc(N(c5ccc(-c6ccc(C78CC9CC(CC(C9)C7)C8)cc6)cc5)c5cccc(-n6c7ccccc7c7ccccc76)c5)cc4)c23)cc1. The fraction of sp³-hybridized carbons (Fsp3) is 0.161. The maximum Gasteiger partial charge on any atom is 0.0541 e. The van der Waals surface area contributed by atoms with Gasteiger partial charge in [-0.3, -0.25) is 0 Å². The molecule has 0 saturated heterocycles. The van der Waals surface area contributed by atoms with Crippen molar-refractivity contribution in [3.05, 3.63) is 218 Å². The fourth-order valence-electron chi connectivity index (χ4n) is 12.9. The van der Waals surface area contributed by atoms with Crippen LogP contribution in [0.2, 0.25) is 0 Å². The van der Waals surface area contributed by atoms with Gasteiger partial charge in [0.2, 0.25) is 0 Å². The number of fused-ring (bicyclic) bond motifs is 4. The maximum atomic E-state index is 2.48. The summed E-state index contributed by atoms with van der Waals surface area (Å²) in [6.45, 7) is 0. The first kappa shape index (κ1) is 37.4. The molecular weight excluding hydrogens is 773 g/mol. The average molecular weight is 823 g/mol. The van der Waals surface area contributed by atoms with Crippen LogP contribution in [0, 0.1) is 17.8 Å². The highest BCUT2D eigenvalue weighted by molar-refractivity contribution is 6.09. The molecule has 4 saturated carbocycles. The zero-order valence-corrected chi connectivity index (χ0v) is 36.1. The van der Waals surface area contributed by atoms with Gasteiger partial charge in [0, 0.05) is 33.5 Å². The summed E-state index contributed by atoms with van der Waals surface area (Å²) in [6, 6.07) is 78.8. The summed E-state index contributed by atoms with van der Waals surface area (Å²) in [5.74, 6) is 2.85. The summed E-state index contributed by atoms with van der Waals surface area (Å²) in [7, 11) is 0. The van der Waals surface area contributed by atoms with E-state index in [2.05, 4.69) is 222 Å². The van der Waals surface area contributed by atoms with Crippen molar-refractivity contribution in [1.29, 1.82) is 0 Å². The summed E-state index contributed by atoms with van der Waals surface area (Å²) < 4.78 is 2.41. The number of benzene rings is 9. The minimum atomic E-state index is 0.415. The standard InChI is InChI=1S/C62H50N2/c1-2-11-47(12-3-1)55-19-8-13-49-14-9-20-56(61(49)55)48-27-33-52(34-28-48)63(53-15-10-16-54(38-53)64-59-21-6-4-17-57(59)58-18-5-7-22-60(58)64)51-31-25-46(26-32-51)45-23-29-50(30-24-45)62-39-42-35-43(40-62)37-44(36-42)41-62/h1-34,38,42-44H,35-37,39-41H2. The molecule has 0 amide bonds. The van der Waals surface area contributed by atoms with Crippen molar-refractivity contribution in [1.82, 2.24) is 4.57 Å². The fourth-order valence-corrected chi connectivity index (χ4v) is 12.9. The van der Waals surface area contributed by atoms with E-state index in [1.54, 1.807) is 5.56 Å². The number of rotatable bonds is 8. The molecule has 1 heterocycles. The lowest BCUT2D eigenvalue weighted by atomic mass is 9.48. The van der Waals surface area contributed by atoms with E-state index < -0.39 is 0 Å². The van der Waals surface area contributed by atoms with E-state index in [0.29, 0.717) is 5.41 Å². The number of nitrogens with zero attached hydrogens (tertiary/aromatic N) is 2. The smallest absolute Gasteiger partial charge is 0.0541 e. The van der Waals surface area contributed by atoms with E-state index in [-0.39, 0.29) is 0 Å². The van der Waals surface area contributed by atoms with Crippen molar-refractivity contribution >= 4 is 49.6 Å². The molecule has 308 valence electrons. The Bertz CT molecular complexity index is 3240. The van der Waals surface area contributed by atoms with Gasteiger partial charge in [-0.2, -0.15) is 0 Å². The Balaban J connectivity index is 0.896. The highest BCUT2D eigenvalue weighted by atomic mass is 15.1. The van der Waals surface area contributed by atoms with Crippen molar-refractivity contribution in [2.24, 2.45) is 17.8 Å². The molecule has 64 heavy (non-hydrogen) atoms. The Morgan fingerprint density at radius 3 is 1.45 bits per heavy atom. The van der Waals surface area contributed by atoms with Crippen molar-refractivity contribution in [2.45, 2.75) is 43.9 Å². The molecule has 0 unspecified atom stereocenters. The second kappa shape index (κ2) is 15.0. The number of hydrogen-bond acceptors (Lipinski definition) is 1. The van der Waals surface area contributed by atoms with E-state index in [1.807, 2.05) is 0 Å². The van der Waals surface area contributed by atoms with E-state index >= 15 is 0 Å². The van der Waals surface area contributed by atoms with Gasteiger partial charge in [-0.15, -0.1) is 0 Å². The van der Waals surface area contributed by atoms with Crippen LogP contribution in [0.5, 0.6) is 0 Å². The van der Waals surface area contributed by atoms with Gasteiger partial charge in [0.1, 0.15) is 0 Å². The number of hydrogen-bond donors (Lipinski definition) is 0. The predicted molar refractivity (Wildman–Crippen MR) is 269 cm³/mol. The lowest BCUT2D eigenvalue weighted by molar-refractivity contribution is -0.00518. The van der Waals surface area contributed by atoms with Crippen LogP contribution in [0.3, 0.4) is 0 Å². The Morgan fingerprint density at radius 1 is 0.391 bits per heavy atom. The average Bonchev–Trinajstić information content (AvgIpc) is 3.69. The second-order valence-corrected chi connectivity index (χ2v) is 19.2. The molecule has 1 aromatic heterocycles. The maximum absolute atomic E-state index is 2.48. The summed E-state index contributed by atoms with van der Waals surface area (Å²) >= 11 is 0. The van der Waals surface area contributed by atoms with Crippen LogP contribution in [0.25, 0.3) is 71.6 Å². The van der Waals surface area contributed by atoms with E-state index in [4.69, 9.17) is 0 Å². The molecule has 9 aromatic carbocycles. The molecule has 4 fully saturated rings. The van der Waals surface area contributed by atoms with Gasteiger partial charge in [0.05, 0.1) is 11.0 Å². The highest BCUT2D eigenvalue weighted by Gasteiger charge is 2.51. The molecule has 0 aliphatic heterocycles. The lowest BCUT2D eigenvalue weighted by Gasteiger charge is -2.57. The van der Waals surface area contributed by atoms with Crippen LogP contribution >= 0.6 is 0 Å². The van der Waals surface area contributed by atoms with Gasteiger partial charge < -0.3 is 9.47 Å². The minimum absolute atomic E-state index is 0.415. The number of anilines is 3. The molecule has 2 nitrogen and oxygen atoms in total. The predicted octanol–water partition coefficient (Wildman–Crippen LogP) is 16.9. The van der Waals surface area contributed by atoms with Crippen LogP contribution in [0.1, 0.15) is 44.1 Å². The third-order valence-corrected chi connectivity index (χ3v) is 15.3. The Morgan fingerprint density at radius 2 is 0.875 bits per heavy atom. The molecule has 10 aromatic rings. The quantitative estimate of drug-likeness (QED) is 0.148. The molecule has 4 bridgehead atoms. The molecule has 2 heteroatoms. The van der Waals surface area contributed by atoms with Gasteiger partial charge in [0.15, 0.2) is 0 Å². The first-order valence-electron chi connectivity index (χ1n) is 23.4. The highest BCUT2D eigenvalue weighted by Crippen LogP contribution is 2.61. The third-order valence-electron chi connectivity index (χ3n) is 15.3. The summed E-state index contributed by atoms with van der Waals surface area (Å²) in [4.78, 5) is 2.42. The van der Waals surface area contributed by atoms with Gasteiger partial charge in [-0.05, 0) is 166 Å². The summed E-state index contributed by atoms with van der Waals surface area (Å²) in [5.41, 5.74) is 16.4. The van der Waals surface area contributed by atoms with Gasteiger partial charge in [0.25, 0.3) is 0 Å². The normalized spacial score (nSPS) is 20.0. The van der Waals surface area contributed by atoms with Gasteiger partial charge in [-0.25, -0.2) is 0 Å². The molecule has 4 aliphatic rings. The zero-order chi connectivity index (χ0) is 42.2. The lowest BCUT2D eigenvalue weighted by Crippen LogP contribution is -2.48. The molecule has 0 N–H and O–H groups in total. The van der Waals surface area contributed by atoms with Crippen molar-refractivity contribution in [3.63, 3.8) is 0 Å². The second-order valence-electron chi connectivity index (χ2n) is 19.2. The molecule has 14 rings (SSSR count). The van der Waals surface area contributed by atoms with Crippen molar-refractivity contribution in [3.8, 4) is 39.1 Å². The topological polar surface area (TPSA) is 8.17 Å². The summed E-state index contributed by atoms with van der Waals surface area (Å²) in [5, 5.41) is 5.05. The van der Waals surface area contributed by atoms with Crippen molar-refractivity contribution < 1.29 is 0 Å². The van der Waals surface area contributed by atoms with Crippen LogP contribution in [-0.4, -0.2) is 4.57 Å². The van der Waals surface area contributed by atoms with Crippen LogP contribution in [0.15, 0.2) is 212 Å². The first-order chi connectivity index (χ1) is 31.6. The monoisotopic (exact) mass is 822 g/mol.